The summed E-state index contributed by atoms with van der Waals surface area (Å²) in [6, 6.07) is 4.97. The van der Waals surface area contributed by atoms with Crippen molar-refractivity contribution in [1.82, 2.24) is 15.1 Å². The van der Waals surface area contributed by atoms with E-state index in [1.54, 1.807) is 6.07 Å². The van der Waals surface area contributed by atoms with Gasteiger partial charge in [-0.1, -0.05) is 13.0 Å². The third-order valence-corrected chi connectivity index (χ3v) is 5.30. The van der Waals surface area contributed by atoms with Crippen LogP contribution in [0, 0.1) is 5.82 Å². The van der Waals surface area contributed by atoms with E-state index in [-0.39, 0.29) is 29.1 Å². The minimum Gasteiger partial charge on any atom is -0.494 e. The van der Waals surface area contributed by atoms with Crippen molar-refractivity contribution in [2.24, 2.45) is 0 Å². The van der Waals surface area contributed by atoms with Gasteiger partial charge < -0.3 is 10.1 Å². The second-order valence-corrected chi connectivity index (χ2v) is 7.68. The molecular weight excluding hydrogens is 333 g/mol. The van der Waals surface area contributed by atoms with Gasteiger partial charge in [-0.15, -0.1) is 0 Å². The molecule has 1 aromatic carbocycles. The SMILES string of the molecule is CCC(C)(C)NC(=O)C(C)N1CCN(Cc2ccc(OC)c(F)c2)CC1. The van der Waals surface area contributed by atoms with Gasteiger partial charge in [0.15, 0.2) is 11.6 Å². The Morgan fingerprint density at radius 2 is 1.96 bits per heavy atom. The largest absolute Gasteiger partial charge is 0.494 e. The molecule has 1 amide bonds. The number of piperazine rings is 1. The number of carbonyl (C=O) groups is 1. The Bertz CT molecular complexity index is 613. The maximum Gasteiger partial charge on any atom is 0.237 e. The summed E-state index contributed by atoms with van der Waals surface area (Å²) in [4.78, 5) is 17.0. The summed E-state index contributed by atoms with van der Waals surface area (Å²) < 4.78 is 18.8. The van der Waals surface area contributed by atoms with Gasteiger partial charge in [-0.3, -0.25) is 14.6 Å². The van der Waals surface area contributed by atoms with Crippen molar-refractivity contribution in [2.75, 3.05) is 33.3 Å². The average Bonchev–Trinajstić information content (AvgIpc) is 2.61. The number of rotatable bonds is 7. The van der Waals surface area contributed by atoms with Gasteiger partial charge in [0.1, 0.15) is 0 Å². The van der Waals surface area contributed by atoms with Crippen LogP contribution in [0.15, 0.2) is 18.2 Å². The monoisotopic (exact) mass is 365 g/mol. The molecule has 0 aromatic heterocycles. The molecule has 26 heavy (non-hydrogen) atoms. The zero-order chi connectivity index (χ0) is 19.3. The molecule has 1 unspecified atom stereocenters. The van der Waals surface area contributed by atoms with Gasteiger partial charge in [-0.05, 0) is 44.9 Å². The molecule has 1 aromatic rings. The molecule has 146 valence electrons. The highest BCUT2D eigenvalue weighted by molar-refractivity contribution is 5.82. The number of hydrogen-bond acceptors (Lipinski definition) is 4. The molecule has 1 heterocycles. The number of nitrogens with one attached hydrogen (secondary N) is 1. The molecule has 1 aliphatic rings. The van der Waals surface area contributed by atoms with Crippen molar-refractivity contribution in [3.8, 4) is 5.75 Å². The highest BCUT2D eigenvalue weighted by Gasteiger charge is 2.28. The van der Waals surface area contributed by atoms with Gasteiger partial charge in [0.05, 0.1) is 13.2 Å². The van der Waals surface area contributed by atoms with Crippen LogP contribution in [0.2, 0.25) is 0 Å². The van der Waals surface area contributed by atoms with Gasteiger partial charge in [-0.2, -0.15) is 0 Å². The number of amides is 1. The van der Waals surface area contributed by atoms with Crippen LogP contribution in [0.4, 0.5) is 4.39 Å². The fraction of sp³-hybridized carbons (Fsp3) is 0.650. The van der Waals surface area contributed by atoms with E-state index in [0.717, 1.165) is 38.2 Å². The molecule has 1 aliphatic heterocycles. The summed E-state index contributed by atoms with van der Waals surface area (Å²) in [5, 5.41) is 3.12. The smallest absolute Gasteiger partial charge is 0.237 e. The molecule has 0 radical (unpaired) electrons. The molecule has 6 heteroatoms. The summed E-state index contributed by atoms with van der Waals surface area (Å²) in [7, 11) is 1.47. The van der Waals surface area contributed by atoms with E-state index in [2.05, 4.69) is 22.0 Å². The molecule has 5 nitrogen and oxygen atoms in total. The highest BCUT2D eigenvalue weighted by atomic mass is 19.1. The number of ether oxygens (including phenoxy) is 1. The highest BCUT2D eigenvalue weighted by Crippen LogP contribution is 2.19. The Morgan fingerprint density at radius 3 is 2.50 bits per heavy atom. The van der Waals surface area contributed by atoms with E-state index in [4.69, 9.17) is 4.74 Å². The summed E-state index contributed by atoms with van der Waals surface area (Å²) >= 11 is 0. The van der Waals surface area contributed by atoms with Crippen LogP contribution < -0.4 is 10.1 Å². The Hall–Kier alpha value is -1.66. The molecule has 1 N–H and O–H groups in total. The predicted molar refractivity (Wildman–Crippen MR) is 102 cm³/mol. The lowest BCUT2D eigenvalue weighted by molar-refractivity contribution is -0.128. The van der Waals surface area contributed by atoms with Crippen LogP contribution in [0.1, 0.15) is 39.7 Å². The van der Waals surface area contributed by atoms with E-state index < -0.39 is 0 Å². The van der Waals surface area contributed by atoms with Crippen molar-refractivity contribution in [2.45, 2.75) is 52.2 Å². The van der Waals surface area contributed by atoms with E-state index in [1.807, 2.05) is 26.8 Å². The number of halogens is 1. The molecule has 1 atom stereocenters. The second kappa shape index (κ2) is 8.82. The summed E-state index contributed by atoms with van der Waals surface area (Å²) in [6.07, 6.45) is 0.900. The molecule has 2 rings (SSSR count). The zero-order valence-corrected chi connectivity index (χ0v) is 16.6. The molecule has 1 saturated heterocycles. The lowest BCUT2D eigenvalue weighted by Gasteiger charge is -2.38. The van der Waals surface area contributed by atoms with E-state index >= 15 is 0 Å². The lowest BCUT2D eigenvalue weighted by atomic mass is 10.0. The van der Waals surface area contributed by atoms with Crippen molar-refractivity contribution in [3.05, 3.63) is 29.6 Å². The van der Waals surface area contributed by atoms with Gasteiger partial charge in [0.2, 0.25) is 5.91 Å². The maximum absolute atomic E-state index is 13.8. The lowest BCUT2D eigenvalue weighted by Crippen LogP contribution is -2.56. The first-order chi connectivity index (χ1) is 12.3. The third-order valence-electron chi connectivity index (χ3n) is 5.30. The van der Waals surface area contributed by atoms with Gasteiger partial charge >= 0.3 is 0 Å². The molecular formula is C20H32FN3O2. The standard InChI is InChI=1S/C20H32FN3O2/c1-6-20(3,4)22-19(25)15(2)24-11-9-23(10-12-24)14-16-7-8-18(26-5)17(21)13-16/h7-8,13,15H,6,9-12,14H2,1-5H3,(H,22,25). The Labute approximate surface area is 156 Å². The van der Waals surface area contributed by atoms with E-state index in [1.165, 1.54) is 13.2 Å². The third kappa shape index (κ3) is 5.42. The predicted octanol–water partition coefficient (Wildman–Crippen LogP) is 2.65. The van der Waals surface area contributed by atoms with Crippen molar-refractivity contribution < 1.29 is 13.9 Å². The summed E-state index contributed by atoms with van der Waals surface area (Å²) in [5.74, 6) is 0.0309. The Morgan fingerprint density at radius 1 is 1.31 bits per heavy atom. The van der Waals surface area contributed by atoms with Crippen LogP contribution in [-0.2, 0) is 11.3 Å². The Balaban J connectivity index is 1.85. The molecule has 1 fully saturated rings. The molecule has 0 bridgehead atoms. The van der Waals surface area contributed by atoms with Gasteiger partial charge in [-0.25, -0.2) is 4.39 Å². The zero-order valence-electron chi connectivity index (χ0n) is 16.6. The summed E-state index contributed by atoms with van der Waals surface area (Å²) in [6.45, 7) is 12.2. The van der Waals surface area contributed by atoms with E-state index in [0.29, 0.717) is 6.54 Å². The first-order valence-corrected chi connectivity index (χ1v) is 9.36. The summed E-state index contributed by atoms with van der Waals surface area (Å²) in [5.41, 5.74) is 0.762. The quantitative estimate of drug-likeness (QED) is 0.807. The van der Waals surface area contributed by atoms with E-state index in [9.17, 15) is 9.18 Å². The Kier molecular flexibility index (Phi) is 7.01. The second-order valence-electron chi connectivity index (χ2n) is 7.68. The van der Waals surface area contributed by atoms with Crippen LogP contribution in [-0.4, -0.2) is 60.6 Å². The van der Waals surface area contributed by atoms with Crippen molar-refractivity contribution in [1.29, 1.82) is 0 Å². The fourth-order valence-electron chi connectivity index (χ4n) is 3.07. The first kappa shape index (κ1) is 20.6. The number of benzene rings is 1. The van der Waals surface area contributed by atoms with Crippen LogP contribution in [0.25, 0.3) is 0 Å². The molecule has 0 spiro atoms. The molecule has 0 aliphatic carbocycles. The van der Waals surface area contributed by atoms with Crippen LogP contribution >= 0.6 is 0 Å². The molecule has 0 saturated carbocycles. The number of methoxy groups -OCH3 is 1. The minimum absolute atomic E-state index is 0.0857. The van der Waals surface area contributed by atoms with Crippen molar-refractivity contribution >= 4 is 5.91 Å². The maximum atomic E-state index is 13.8. The number of hydrogen-bond donors (Lipinski definition) is 1. The topological polar surface area (TPSA) is 44.8 Å². The number of nitrogens with zero attached hydrogens (tertiary/aromatic N) is 2. The number of carbonyl (C=O) groups excluding carboxylic acids is 1. The van der Waals surface area contributed by atoms with Crippen LogP contribution in [0.3, 0.4) is 0 Å². The first-order valence-electron chi connectivity index (χ1n) is 9.36. The fourth-order valence-corrected chi connectivity index (χ4v) is 3.07. The van der Waals surface area contributed by atoms with Gasteiger partial charge in [0, 0.05) is 38.3 Å². The minimum atomic E-state index is -0.326. The van der Waals surface area contributed by atoms with Gasteiger partial charge in [0.25, 0.3) is 0 Å². The normalized spacial score (nSPS) is 17.8. The van der Waals surface area contributed by atoms with Crippen LogP contribution in [0.5, 0.6) is 5.75 Å². The van der Waals surface area contributed by atoms with Crippen molar-refractivity contribution in [3.63, 3.8) is 0 Å². The average molecular weight is 365 g/mol.